The van der Waals surface area contributed by atoms with Gasteiger partial charge < -0.3 is 29.9 Å². The summed E-state index contributed by atoms with van der Waals surface area (Å²) in [4.78, 5) is 27.8. The quantitative estimate of drug-likeness (QED) is 0.0971. The monoisotopic (exact) mass is 826 g/mol. The summed E-state index contributed by atoms with van der Waals surface area (Å²) in [5.74, 6) is 0.231. The van der Waals surface area contributed by atoms with Gasteiger partial charge >= 0.3 is 14.5 Å². The van der Waals surface area contributed by atoms with Crippen LogP contribution in [0.1, 0.15) is 99.9 Å². The van der Waals surface area contributed by atoms with E-state index in [0.29, 0.717) is 22.3 Å². The minimum Gasteiger partial charge on any atom is -0.394 e. The summed E-state index contributed by atoms with van der Waals surface area (Å²) in [6.45, 7) is -0.906. The summed E-state index contributed by atoms with van der Waals surface area (Å²) in [6.07, 6.45) is 7.31. The number of thiol groups is 2. The summed E-state index contributed by atoms with van der Waals surface area (Å²) in [5.41, 5.74) is 3.86. The molecule has 0 bridgehead atoms. The number of rotatable bonds is 10. The molecule has 54 heavy (non-hydrogen) atoms. The van der Waals surface area contributed by atoms with Gasteiger partial charge in [0.05, 0.1) is 37.3 Å². The Morgan fingerprint density at radius 2 is 1.04 bits per heavy atom. The largest absolute Gasteiger partial charge is 0.582 e. The van der Waals surface area contributed by atoms with Crippen molar-refractivity contribution < 1.29 is 48.1 Å². The molecule has 2 aliphatic heterocycles. The average Bonchev–Trinajstić information content (AvgIpc) is 3.92. The van der Waals surface area contributed by atoms with Crippen LogP contribution >= 0.6 is 39.0 Å². The summed E-state index contributed by atoms with van der Waals surface area (Å²) < 4.78 is 49.7. The van der Waals surface area contributed by atoms with E-state index < -0.39 is 76.8 Å². The Morgan fingerprint density at radius 3 is 1.41 bits per heavy atom. The Kier molecular flexibility index (Phi) is 13.2. The Balaban J connectivity index is 1.09. The lowest BCUT2D eigenvalue weighted by molar-refractivity contribution is -0.0481. The van der Waals surface area contributed by atoms with E-state index in [9.17, 15) is 29.6 Å². The predicted molar refractivity (Wildman–Crippen MR) is 199 cm³/mol. The number of nitrogens with zero attached hydrogens (tertiary/aromatic N) is 8. The molecular formula is C32H44N8O10P2S2+2. The Labute approximate surface area is 322 Å². The second kappa shape index (κ2) is 17.9. The molecule has 4 aromatic heterocycles. The number of aromatic nitrogens is 8. The van der Waals surface area contributed by atoms with Gasteiger partial charge in [0, 0.05) is 11.8 Å². The second-order valence-corrected chi connectivity index (χ2v) is 17.3. The molecule has 0 radical (unpaired) electrons. The number of fused-ring (bicyclic) bond motifs is 2. The van der Waals surface area contributed by atoms with Gasteiger partial charge in [0.1, 0.15) is 72.6 Å². The smallest absolute Gasteiger partial charge is 0.394 e. The molecule has 1 aliphatic carbocycles. The van der Waals surface area contributed by atoms with E-state index in [1.54, 1.807) is 21.8 Å². The van der Waals surface area contributed by atoms with Gasteiger partial charge in [-0.25, -0.2) is 29.9 Å². The number of imidazole rings is 2. The highest BCUT2D eigenvalue weighted by Gasteiger charge is 2.51. The van der Waals surface area contributed by atoms with Crippen LogP contribution in [0.25, 0.3) is 22.3 Å². The van der Waals surface area contributed by atoms with Gasteiger partial charge in [-0.15, -0.1) is 9.05 Å². The Hall–Kier alpha value is -2.32. The third-order valence-corrected chi connectivity index (χ3v) is 12.1. The van der Waals surface area contributed by atoms with E-state index in [-0.39, 0.29) is 11.8 Å². The van der Waals surface area contributed by atoms with E-state index in [2.05, 4.69) is 44.4 Å². The van der Waals surface area contributed by atoms with Gasteiger partial charge in [-0.1, -0.05) is 38.5 Å². The lowest BCUT2D eigenvalue weighted by Gasteiger charge is -2.21. The Morgan fingerprint density at radius 1 is 0.648 bits per heavy atom. The fraction of sp³-hybridized carbons (Fsp3) is 0.688. The number of ether oxygens (including phenoxy) is 2. The van der Waals surface area contributed by atoms with Crippen LogP contribution in [-0.2, 0) is 27.7 Å². The van der Waals surface area contributed by atoms with Crippen molar-refractivity contribution in [1.29, 1.82) is 0 Å². The molecule has 3 fully saturated rings. The van der Waals surface area contributed by atoms with Crippen molar-refractivity contribution in [3.05, 3.63) is 36.7 Å². The van der Waals surface area contributed by atoms with Gasteiger partial charge in [0.15, 0.2) is 36.0 Å². The maximum atomic E-state index is 11.9. The fourth-order valence-electron chi connectivity index (χ4n) is 8.08. The van der Waals surface area contributed by atoms with E-state index in [1.165, 1.54) is 12.7 Å². The van der Waals surface area contributed by atoms with Crippen LogP contribution in [0.2, 0.25) is 0 Å². The van der Waals surface area contributed by atoms with Crippen molar-refractivity contribution >= 4 is 61.3 Å². The molecule has 18 nitrogen and oxygen atoms in total. The molecule has 5 unspecified atom stereocenters. The first-order valence-electron chi connectivity index (χ1n) is 18.1. The van der Waals surface area contributed by atoms with Crippen LogP contribution in [0.3, 0.4) is 0 Å². The van der Waals surface area contributed by atoms with Crippen molar-refractivity contribution in [2.75, 3.05) is 13.2 Å². The molecule has 2 saturated heterocycles. The molecule has 7 rings (SSSR count). The second-order valence-electron chi connectivity index (χ2n) is 13.9. The molecule has 0 aromatic carbocycles. The average molecular weight is 827 g/mol. The highest BCUT2D eigenvalue weighted by Crippen LogP contribution is 2.43. The van der Waals surface area contributed by atoms with Gasteiger partial charge in [-0.05, 0) is 34.8 Å². The lowest BCUT2D eigenvalue weighted by Crippen LogP contribution is -2.34. The van der Waals surface area contributed by atoms with Crippen LogP contribution in [0.4, 0.5) is 0 Å². The molecule has 0 amide bonds. The van der Waals surface area contributed by atoms with Gasteiger partial charge in [0.2, 0.25) is 0 Å². The molecule has 0 spiro atoms. The zero-order valence-corrected chi connectivity index (χ0v) is 32.8. The molecular weight excluding hydrogens is 782 g/mol. The van der Waals surface area contributed by atoms with Crippen LogP contribution in [0.5, 0.6) is 0 Å². The predicted octanol–water partition coefficient (Wildman–Crippen LogP) is 4.19. The normalized spacial score (nSPS) is 32.1. The van der Waals surface area contributed by atoms with Crippen molar-refractivity contribution in [1.82, 2.24) is 39.0 Å². The van der Waals surface area contributed by atoms with E-state index in [4.69, 9.17) is 28.5 Å². The molecule has 4 aromatic rings. The third kappa shape index (κ3) is 8.22. The van der Waals surface area contributed by atoms with Gasteiger partial charge in [0.25, 0.3) is 0 Å². The third-order valence-electron chi connectivity index (χ3n) is 10.7. The topological polar surface area (TPSA) is 239 Å². The maximum Gasteiger partial charge on any atom is 0.582 e. The minimum absolute atomic E-state index is 0.115. The van der Waals surface area contributed by atoms with Crippen molar-refractivity contribution in [2.24, 2.45) is 0 Å². The van der Waals surface area contributed by atoms with Crippen molar-refractivity contribution in [3.8, 4) is 0 Å². The summed E-state index contributed by atoms with van der Waals surface area (Å²) in [5, 5.41) is 40.9. The van der Waals surface area contributed by atoms with Crippen LogP contribution in [-0.4, -0.2) is 109 Å². The number of hydrogen-bond acceptors (Lipinski definition) is 16. The molecule has 12 atom stereocenters. The SMILES string of the molecule is O=[P+](S)O[C@@H]1[C@H](O)[C@@H](CO)O[C@H]1n1cnc2c(C3CCCCCCC(c4ncnc5c4ncn5[C@@H]4OC(CO)[C@@H](O)[C@H]4O[P+](=O)S)CCCC3)ncnc21. The van der Waals surface area contributed by atoms with E-state index in [0.717, 1.165) is 75.6 Å². The standard InChI is InChI=1S/C32H42N8O10P2S2/c41-11-19-25(43)27(49-51(45)53)31(47-19)39-15-37-23-21(33-13-35-29(23)39)17-7-3-1-2-4-8-18(10-6-5-9-17)22-24-30(36-14-34-22)40(16-38-24)32-28(50-52(46)54)26(44)20(12-42)48-32/h13-20,25-28,31-32,41-44H,1-12H2/p+2/t17?,18?,19-,20?,25-,26-,27-,28-,31-,32-/m1/s1. The molecule has 1 saturated carbocycles. The van der Waals surface area contributed by atoms with Crippen LogP contribution in [0.15, 0.2) is 25.3 Å². The van der Waals surface area contributed by atoms with E-state index in [1.807, 2.05) is 0 Å². The molecule has 292 valence electrons. The van der Waals surface area contributed by atoms with Crippen molar-refractivity contribution in [3.63, 3.8) is 0 Å². The summed E-state index contributed by atoms with van der Waals surface area (Å²) in [6, 6.07) is 0. The highest BCUT2D eigenvalue weighted by atomic mass is 32.7. The lowest BCUT2D eigenvalue weighted by atomic mass is 9.86. The highest BCUT2D eigenvalue weighted by molar-refractivity contribution is 8.39. The molecule has 4 N–H and O–H groups in total. The van der Waals surface area contributed by atoms with E-state index >= 15 is 0 Å². The zero-order valence-electron chi connectivity index (χ0n) is 29.2. The number of aliphatic hydroxyl groups excluding tert-OH is 4. The first kappa shape index (κ1) is 39.9. The first-order valence-corrected chi connectivity index (χ1v) is 22.8. The first-order chi connectivity index (χ1) is 26.2. The number of hydrogen-bond donors (Lipinski definition) is 6. The summed E-state index contributed by atoms with van der Waals surface area (Å²) >= 11 is 7.73. The van der Waals surface area contributed by atoms with Crippen LogP contribution < -0.4 is 0 Å². The number of aliphatic hydroxyl groups is 4. The minimum atomic E-state index is -2.37. The molecule has 6 heterocycles. The van der Waals surface area contributed by atoms with Crippen molar-refractivity contribution in [2.45, 2.75) is 125 Å². The molecule has 22 heteroatoms. The molecule has 3 aliphatic rings. The van der Waals surface area contributed by atoms with Gasteiger partial charge in [-0.3, -0.25) is 9.13 Å². The fourth-order valence-corrected chi connectivity index (χ4v) is 9.61. The Bertz CT molecular complexity index is 1810. The summed E-state index contributed by atoms with van der Waals surface area (Å²) in [7, 11) is -4.73. The van der Waals surface area contributed by atoms with Gasteiger partial charge in [-0.2, -0.15) is 0 Å². The zero-order chi connectivity index (χ0) is 37.9. The van der Waals surface area contributed by atoms with Crippen LogP contribution in [0, 0.1) is 0 Å². The maximum absolute atomic E-state index is 11.9.